The number of hydrogen-bond donors (Lipinski definition) is 1. The molecule has 0 spiro atoms. The van der Waals surface area contributed by atoms with Crippen molar-refractivity contribution in [3.8, 4) is 0 Å². The molecule has 2 rings (SSSR count). The highest BCUT2D eigenvalue weighted by Crippen LogP contribution is 2.23. The number of nitrogens with two attached hydrogens (primary N) is 1. The van der Waals surface area contributed by atoms with Crippen molar-refractivity contribution in [3.05, 3.63) is 0 Å². The molecule has 2 saturated heterocycles. The summed E-state index contributed by atoms with van der Waals surface area (Å²) in [4.78, 5) is 26.9. The summed E-state index contributed by atoms with van der Waals surface area (Å²) in [6, 6.07) is -0.0119. The molecule has 2 aliphatic heterocycles. The molecule has 2 N–H and O–H groups in total. The number of nitrogens with zero attached hydrogens (tertiary/aromatic N) is 2. The first-order chi connectivity index (χ1) is 9.24. The molecule has 1 unspecified atom stereocenters. The zero-order valence-electron chi connectivity index (χ0n) is 12.6. The first-order valence-corrected chi connectivity index (χ1v) is 7.26. The van der Waals surface area contributed by atoms with E-state index in [4.69, 9.17) is 10.5 Å². The van der Waals surface area contributed by atoms with E-state index in [1.54, 1.807) is 4.90 Å². The van der Waals surface area contributed by atoms with Gasteiger partial charge >= 0.3 is 6.09 Å². The zero-order chi connectivity index (χ0) is 14.9. The Morgan fingerprint density at radius 3 is 2.50 bits per heavy atom. The maximum absolute atomic E-state index is 11.8. The van der Waals surface area contributed by atoms with Crippen LogP contribution >= 0.6 is 0 Å². The Bertz CT molecular complexity index is 386. The fourth-order valence-electron chi connectivity index (χ4n) is 2.59. The summed E-state index contributed by atoms with van der Waals surface area (Å²) in [5.41, 5.74) is 5.31. The van der Waals surface area contributed by atoms with E-state index >= 15 is 0 Å². The van der Waals surface area contributed by atoms with E-state index in [0.717, 1.165) is 26.1 Å². The maximum Gasteiger partial charge on any atom is 0.410 e. The number of ether oxygens (including phenoxy) is 1. The zero-order valence-corrected chi connectivity index (χ0v) is 12.6. The van der Waals surface area contributed by atoms with Crippen molar-refractivity contribution in [3.63, 3.8) is 0 Å². The van der Waals surface area contributed by atoms with Crippen LogP contribution in [0.25, 0.3) is 0 Å². The number of hydrogen-bond acceptors (Lipinski definition) is 4. The Morgan fingerprint density at radius 1 is 1.35 bits per heavy atom. The molecule has 6 heteroatoms. The minimum Gasteiger partial charge on any atom is -0.444 e. The number of carbonyl (C=O) groups excluding carboxylic acids is 2. The Morgan fingerprint density at radius 2 is 2.00 bits per heavy atom. The van der Waals surface area contributed by atoms with Gasteiger partial charge in [0.05, 0.1) is 0 Å². The van der Waals surface area contributed by atoms with E-state index in [0.29, 0.717) is 18.9 Å². The molecule has 0 saturated carbocycles. The Labute approximate surface area is 120 Å². The fraction of sp³-hybridized carbons (Fsp3) is 0.857. The fourth-order valence-corrected chi connectivity index (χ4v) is 2.59. The first kappa shape index (κ1) is 15.1. The second-order valence-corrected chi connectivity index (χ2v) is 6.84. The average Bonchev–Trinajstić information content (AvgIpc) is 2.52. The number of rotatable bonds is 3. The summed E-state index contributed by atoms with van der Waals surface area (Å²) in [6.07, 6.45) is 1.15. The van der Waals surface area contributed by atoms with Gasteiger partial charge in [0.25, 0.3) is 0 Å². The normalized spacial score (nSPS) is 24.0. The van der Waals surface area contributed by atoms with E-state index in [-0.39, 0.29) is 18.0 Å². The summed E-state index contributed by atoms with van der Waals surface area (Å²) >= 11 is 0. The van der Waals surface area contributed by atoms with Crippen LogP contribution in [-0.4, -0.2) is 59.6 Å². The van der Waals surface area contributed by atoms with Gasteiger partial charge < -0.3 is 20.3 Å². The van der Waals surface area contributed by atoms with Gasteiger partial charge in [0.15, 0.2) is 0 Å². The molecule has 114 valence electrons. The third-order valence-electron chi connectivity index (χ3n) is 3.66. The van der Waals surface area contributed by atoms with Gasteiger partial charge in [-0.05, 0) is 33.1 Å². The van der Waals surface area contributed by atoms with Crippen molar-refractivity contribution in [2.75, 3.05) is 26.2 Å². The van der Waals surface area contributed by atoms with Gasteiger partial charge in [-0.25, -0.2) is 4.79 Å². The lowest BCUT2D eigenvalue weighted by molar-refractivity contribution is -0.128. The summed E-state index contributed by atoms with van der Waals surface area (Å²) in [5, 5.41) is 0. The molecule has 2 amide bonds. The van der Waals surface area contributed by atoms with Gasteiger partial charge in [-0.1, -0.05) is 0 Å². The number of amides is 2. The van der Waals surface area contributed by atoms with Gasteiger partial charge in [0, 0.05) is 38.6 Å². The van der Waals surface area contributed by atoms with E-state index < -0.39 is 5.60 Å². The lowest BCUT2D eigenvalue weighted by Gasteiger charge is -2.40. The molecule has 0 radical (unpaired) electrons. The van der Waals surface area contributed by atoms with Gasteiger partial charge in [-0.15, -0.1) is 0 Å². The molecule has 0 aromatic rings. The largest absolute Gasteiger partial charge is 0.444 e. The van der Waals surface area contributed by atoms with E-state index in [1.807, 2.05) is 25.7 Å². The molecule has 2 fully saturated rings. The average molecular weight is 283 g/mol. The van der Waals surface area contributed by atoms with Crippen molar-refractivity contribution < 1.29 is 14.3 Å². The van der Waals surface area contributed by atoms with Crippen LogP contribution in [0.2, 0.25) is 0 Å². The van der Waals surface area contributed by atoms with Gasteiger partial charge in [-0.2, -0.15) is 0 Å². The van der Waals surface area contributed by atoms with E-state index in [1.165, 1.54) is 0 Å². The van der Waals surface area contributed by atoms with Gasteiger partial charge in [-0.3, -0.25) is 4.79 Å². The quantitative estimate of drug-likeness (QED) is 0.831. The second kappa shape index (κ2) is 5.60. The predicted octanol–water partition coefficient (Wildman–Crippen LogP) is 0.803. The molecular weight excluding hydrogens is 258 g/mol. The molecule has 20 heavy (non-hydrogen) atoms. The van der Waals surface area contributed by atoms with Crippen molar-refractivity contribution in [2.45, 2.75) is 45.3 Å². The molecule has 2 aliphatic rings. The minimum atomic E-state index is -0.444. The Balaban J connectivity index is 1.65. The van der Waals surface area contributed by atoms with Crippen molar-refractivity contribution in [2.24, 2.45) is 11.7 Å². The van der Waals surface area contributed by atoms with Crippen LogP contribution in [0.1, 0.15) is 33.6 Å². The molecule has 0 aromatic carbocycles. The first-order valence-electron chi connectivity index (χ1n) is 7.26. The Kier molecular flexibility index (Phi) is 4.22. The lowest BCUT2D eigenvalue weighted by atomic mass is 9.97. The van der Waals surface area contributed by atoms with Crippen LogP contribution in [0.15, 0.2) is 0 Å². The number of carbonyl (C=O) groups is 2. The molecule has 1 atom stereocenters. The van der Waals surface area contributed by atoms with E-state index in [2.05, 4.69) is 0 Å². The van der Waals surface area contributed by atoms with Crippen molar-refractivity contribution >= 4 is 12.0 Å². The van der Waals surface area contributed by atoms with Crippen LogP contribution < -0.4 is 5.73 Å². The minimum absolute atomic E-state index is 0.0119. The third-order valence-corrected chi connectivity index (χ3v) is 3.66. The second-order valence-electron chi connectivity index (χ2n) is 6.84. The van der Waals surface area contributed by atoms with E-state index in [9.17, 15) is 9.59 Å². The Hall–Kier alpha value is -1.30. The van der Waals surface area contributed by atoms with Crippen LogP contribution in [0.4, 0.5) is 4.79 Å². The van der Waals surface area contributed by atoms with Crippen molar-refractivity contribution in [1.82, 2.24) is 9.80 Å². The lowest BCUT2D eigenvalue weighted by Crippen LogP contribution is -2.52. The molecule has 0 aliphatic carbocycles. The smallest absolute Gasteiger partial charge is 0.410 e. The topological polar surface area (TPSA) is 75.9 Å². The number of likely N-dealkylation sites (tertiary alicyclic amines) is 2. The summed E-state index contributed by atoms with van der Waals surface area (Å²) in [6.45, 7) is 8.46. The highest BCUT2D eigenvalue weighted by Gasteiger charge is 2.34. The maximum atomic E-state index is 11.8. The molecule has 0 bridgehead atoms. The summed E-state index contributed by atoms with van der Waals surface area (Å²) in [7, 11) is 0. The van der Waals surface area contributed by atoms with Crippen LogP contribution in [0.3, 0.4) is 0 Å². The summed E-state index contributed by atoms with van der Waals surface area (Å²) in [5.74, 6) is 0.618. The molecule has 6 nitrogen and oxygen atoms in total. The SMILES string of the molecule is CC(C)(C)OC(=O)N1CC(CCN2CC(N)CC2=O)C1. The third kappa shape index (κ3) is 3.85. The highest BCUT2D eigenvalue weighted by molar-refractivity contribution is 5.79. The standard InChI is InChI=1S/C14H25N3O3/c1-14(2,3)20-13(19)17-7-10(8-17)4-5-16-9-11(15)6-12(16)18/h10-11H,4-9,15H2,1-3H3. The van der Waals surface area contributed by atoms with Crippen molar-refractivity contribution in [1.29, 1.82) is 0 Å². The predicted molar refractivity (Wildman–Crippen MR) is 75.1 cm³/mol. The van der Waals surface area contributed by atoms with Gasteiger partial charge in [0.1, 0.15) is 5.60 Å². The van der Waals surface area contributed by atoms with Gasteiger partial charge in [0.2, 0.25) is 5.91 Å². The molecular formula is C14H25N3O3. The van der Waals surface area contributed by atoms with Crippen LogP contribution in [-0.2, 0) is 9.53 Å². The summed E-state index contributed by atoms with van der Waals surface area (Å²) < 4.78 is 5.30. The molecule has 0 aromatic heterocycles. The van der Waals surface area contributed by atoms with Crippen LogP contribution in [0, 0.1) is 5.92 Å². The highest BCUT2D eigenvalue weighted by atomic mass is 16.6. The monoisotopic (exact) mass is 283 g/mol. The molecule has 2 heterocycles. The van der Waals surface area contributed by atoms with Crippen LogP contribution in [0.5, 0.6) is 0 Å².